The van der Waals surface area contributed by atoms with Crippen molar-refractivity contribution in [1.82, 2.24) is 10.2 Å². The van der Waals surface area contributed by atoms with Gasteiger partial charge >= 0.3 is 0 Å². The van der Waals surface area contributed by atoms with E-state index in [1.165, 1.54) is 38.8 Å². The summed E-state index contributed by atoms with van der Waals surface area (Å²) in [4.78, 5) is 15.0. The van der Waals surface area contributed by atoms with Crippen molar-refractivity contribution in [2.45, 2.75) is 48.2 Å². The summed E-state index contributed by atoms with van der Waals surface area (Å²) in [7, 11) is 0. The van der Waals surface area contributed by atoms with Gasteiger partial charge in [0.25, 0.3) is 5.91 Å². The molecule has 4 nitrogen and oxygen atoms in total. The highest BCUT2D eigenvalue weighted by molar-refractivity contribution is 6.68. The van der Waals surface area contributed by atoms with Crippen LogP contribution in [0, 0.1) is 5.92 Å². The first kappa shape index (κ1) is 20.2. The second kappa shape index (κ2) is 9.11. The molecule has 7 heteroatoms. The van der Waals surface area contributed by atoms with E-state index in [0.29, 0.717) is 24.1 Å². The summed E-state index contributed by atoms with van der Waals surface area (Å²) in [6.07, 6.45) is 5.02. The number of nitrogens with one attached hydrogen (secondary N) is 1. The zero-order chi connectivity index (χ0) is 18.6. The Kier molecular flexibility index (Phi) is 7.09. The van der Waals surface area contributed by atoms with Crippen LogP contribution < -0.4 is 5.32 Å². The lowest BCUT2D eigenvalue weighted by atomic mass is 9.84. The zero-order valence-corrected chi connectivity index (χ0v) is 16.9. The number of carbonyl (C=O) groups is 1. The summed E-state index contributed by atoms with van der Waals surface area (Å²) < 4.78 is 4.20. The van der Waals surface area contributed by atoms with Gasteiger partial charge in [-0.25, -0.2) is 0 Å². The Labute approximate surface area is 170 Å². The largest absolute Gasteiger partial charge is 0.354 e. The van der Waals surface area contributed by atoms with Crippen LogP contribution in [0.1, 0.15) is 42.5 Å². The van der Waals surface area contributed by atoms with E-state index < -0.39 is 10.0 Å². The molecule has 0 saturated carbocycles. The van der Waals surface area contributed by atoms with Gasteiger partial charge in [-0.1, -0.05) is 59.4 Å². The molecule has 0 bridgehead atoms. The van der Waals surface area contributed by atoms with Gasteiger partial charge in [0.2, 0.25) is 3.79 Å². The lowest BCUT2D eigenvalue weighted by Crippen LogP contribution is -2.51. The van der Waals surface area contributed by atoms with Gasteiger partial charge in [-0.05, 0) is 56.8 Å². The van der Waals surface area contributed by atoms with E-state index in [1.54, 1.807) is 24.3 Å². The molecule has 3 atom stereocenters. The van der Waals surface area contributed by atoms with Gasteiger partial charge in [-0.15, -0.1) is 0 Å². The smallest absolute Gasteiger partial charge is 0.253 e. The molecule has 0 spiro atoms. The third-order valence-electron chi connectivity index (χ3n) is 5.30. The molecule has 1 aromatic carbocycles. The van der Waals surface area contributed by atoms with Crippen molar-refractivity contribution >= 4 is 40.7 Å². The molecule has 2 saturated heterocycles. The van der Waals surface area contributed by atoms with Gasteiger partial charge < -0.3 is 15.0 Å². The van der Waals surface area contributed by atoms with Crippen molar-refractivity contribution in [3.05, 3.63) is 35.9 Å². The lowest BCUT2D eigenvalue weighted by molar-refractivity contribution is -0.0325. The van der Waals surface area contributed by atoms with E-state index in [0.717, 1.165) is 6.42 Å². The highest BCUT2D eigenvalue weighted by Gasteiger charge is 2.38. The summed E-state index contributed by atoms with van der Waals surface area (Å²) in [6.45, 7) is 2.81. The normalized spacial score (nSPS) is 25.3. The van der Waals surface area contributed by atoms with E-state index in [9.17, 15) is 4.79 Å². The van der Waals surface area contributed by atoms with Crippen LogP contribution in [0.2, 0.25) is 0 Å². The van der Waals surface area contributed by atoms with Gasteiger partial charge in [-0.2, -0.15) is 0 Å². The van der Waals surface area contributed by atoms with Crippen LogP contribution in [0.5, 0.6) is 0 Å². The first-order chi connectivity index (χ1) is 12.4. The minimum atomic E-state index is -1.73. The molecule has 0 aromatic heterocycles. The third kappa shape index (κ3) is 5.26. The number of hydrogen-bond donors (Lipinski definition) is 1. The van der Waals surface area contributed by atoms with E-state index in [-0.39, 0.29) is 5.91 Å². The Bertz CT molecular complexity index is 592. The van der Waals surface area contributed by atoms with Crippen LogP contribution in [-0.2, 0) is 4.74 Å². The number of benzene rings is 1. The average Bonchev–Trinajstić information content (AvgIpc) is 2.64. The summed E-state index contributed by atoms with van der Waals surface area (Å²) in [5, 5.41) is 2.71. The fourth-order valence-corrected chi connectivity index (χ4v) is 4.35. The van der Waals surface area contributed by atoms with Crippen molar-refractivity contribution < 1.29 is 9.53 Å². The van der Waals surface area contributed by atoms with Crippen molar-refractivity contribution in [3.63, 3.8) is 0 Å². The highest BCUT2D eigenvalue weighted by atomic mass is 35.6. The monoisotopic (exact) mass is 418 g/mol. The predicted molar refractivity (Wildman–Crippen MR) is 106 cm³/mol. The molecule has 3 rings (SSSR count). The molecule has 2 heterocycles. The number of nitrogens with zero attached hydrogens (tertiary/aromatic N) is 1. The average molecular weight is 420 g/mol. The van der Waals surface area contributed by atoms with E-state index >= 15 is 0 Å². The molecule has 26 heavy (non-hydrogen) atoms. The van der Waals surface area contributed by atoms with Crippen LogP contribution in [0.15, 0.2) is 30.3 Å². The van der Waals surface area contributed by atoms with Crippen LogP contribution in [-0.4, -0.2) is 46.6 Å². The maximum absolute atomic E-state index is 12.4. The van der Waals surface area contributed by atoms with E-state index in [4.69, 9.17) is 39.5 Å². The molecule has 2 aliphatic heterocycles. The topological polar surface area (TPSA) is 41.6 Å². The van der Waals surface area contributed by atoms with Crippen LogP contribution in [0.4, 0.5) is 0 Å². The fraction of sp³-hybridized carbons (Fsp3) is 0.632. The molecule has 2 aliphatic rings. The van der Waals surface area contributed by atoms with Crippen LogP contribution >= 0.6 is 34.8 Å². The summed E-state index contributed by atoms with van der Waals surface area (Å²) in [5.74, 6) is 0.0948. The zero-order valence-electron chi connectivity index (χ0n) is 14.7. The molecule has 1 aromatic rings. The molecule has 2 fully saturated rings. The Morgan fingerprint density at radius 3 is 2.62 bits per heavy atom. The molecule has 1 N–H and O–H groups in total. The molecular formula is C19H25Cl3N2O2. The second-order valence-electron chi connectivity index (χ2n) is 7.10. The molecule has 1 amide bonds. The third-order valence-corrected chi connectivity index (χ3v) is 5.90. The van der Waals surface area contributed by atoms with Gasteiger partial charge in [0.1, 0.15) is 0 Å². The number of alkyl halides is 3. The predicted octanol–water partition coefficient (Wildman–Crippen LogP) is 4.39. The Morgan fingerprint density at radius 2 is 1.88 bits per heavy atom. The first-order valence-corrected chi connectivity index (χ1v) is 10.4. The lowest BCUT2D eigenvalue weighted by Gasteiger charge is -2.44. The number of rotatable bonds is 5. The van der Waals surface area contributed by atoms with Crippen molar-refractivity contribution in [2.75, 3.05) is 19.7 Å². The van der Waals surface area contributed by atoms with Crippen molar-refractivity contribution in [2.24, 2.45) is 5.92 Å². The van der Waals surface area contributed by atoms with Gasteiger partial charge in [-0.3, -0.25) is 4.79 Å². The number of fused-ring (bicyclic) bond motifs is 1. The van der Waals surface area contributed by atoms with E-state index in [2.05, 4.69) is 10.2 Å². The Morgan fingerprint density at radius 1 is 1.15 bits per heavy atom. The minimum absolute atomic E-state index is 0.315. The molecule has 0 unspecified atom stereocenters. The molecule has 144 valence electrons. The Balaban J connectivity index is 1.61. The molecule has 0 aliphatic carbocycles. The first-order valence-electron chi connectivity index (χ1n) is 9.23. The fourth-order valence-electron chi connectivity index (χ4n) is 4.00. The summed E-state index contributed by atoms with van der Waals surface area (Å²) in [6, 6.07) is 9.40. The van der Waals surface area contributed by atoms with Crippen LogP contribution in [0.25, 0.3) is 0 Å². The van der Waals surface area contributed by atoms with Crippen molar-refractivity contribution in [3.8, 4) is 0 Å². The second-order valence-corrected chi connectivity index (χ2v) is 9.46. The number of halogens is 3. The van der Waals surface area contributed by atoms with Gasteiger partial charge in [0.05, 0.1) is 6.61 Å². The van der Waals surface area contributed by atoms with Gasteiger partial charge in [0, 0.05) is 11.6 Å². The van der Waals surface area contributed by atoms with Crippen LogP contribution in [0.3, 0.4) is 0 Å². The van der Waals surface area contributed by atoms with Crippen molar-refractivity contribution in [1.29, 1.82) is 0 Å². The molecule has 0 radical (unpaired) electrons. The standard InChI is InChI=1S/C19H25Cl3N2O2/c20-19(21,22)18(23-17(25)14-7-2-1-3-8-14)26-13-15-9-6-12-24-11-5-4-10-16(15)24/h1-3,7-8,15-16,18H,4-6,9-13H2,(H,23,25)/t15-,16-,18+/m0/s1. The van der Waals surface area contributed by atoms with Gasteiger partial charge in [0.15, 0.2) is 6.23 Å². The minimum Gasteiger partial charge on any atom is -0.354 e. The highest BCUT2D eigenvalue weighted by Crippen LogP contribution is 2.34. The number of hydrogen-bond acceptors (Lipinski definition) is 3. The number of amides is 1. The SMILES string of the molecule is O=C(N[C@H](OC[C@@H]1CCCN2CCCC[C@@H]12)C(Cl)(Cl)Cl)c1ccccc1. The Hall–Kier alpha value is -0.520. The number of ether oxygens (including phenoxy) is 1. The quantitative estimate of drug-likeness (QED) is 0.568. The molecular weight excluding hydrogens is 395 g/mol. The maximum atomic E-state index is 12.4. The number of piperidine rings is 2. The van der Waals surface area contributed by atoms with E-state index in [1.807, 2.05) is 6.07 Å². The summed E-state index contributed by atoms with van der Waals surface area (Å²) >= 11 is 18.2. The summed E-state index contributed by atoms with van der Waals surface area (Å²) in [5.41, 5.74) is 0.506. The maximum Gasteiger partial charge on any atom is 0.253 e. The number of carbonyl (C=O) groups excluding carboxylic acids is 1.